The smallest absolute Gasteiger partial charge is 0.159 e. The molecule has 0 spiro atoms. The van der Waals surface area contributed by atoms with Gasteiger partial charge in [-0.1, -0.05) is 12.1 Å². The van der Waals surface area contributed by atoms with Gasteiger partial charge in [0.25, 0.3) is 0 Å². The van der Waals surface area contributed by atoms with Gasteiger partial charge in [-0.3, -0.25) is 4.90 Å². The summed E-state index contributed by atoms with van der Waals surface area (Å²) in [7, 11) is 0. The molecule has 4 nitrogen and oxygen atoms in total. The van der Waals surface area contributed by atoms with E-state index in [0.29, 0.717) is 25.3 Å². The highest BCUT2D eigenvalue weighted by atomic mass is 19.2. The topological polar surface area (TPSA) is 38.2 Å². The lowest BCUT2D eigenvalue weighted by atomic mass is 10.0. The fraction of sp³-hybridized carbons (Fsp3) is 0.200. The lowest BCUT2D eigenvalue weighted by Crippen LogP contribution is -2.26. The van der Waals surface area contributed by atoms with Crippen LogP contribution in [0.4, 0.5) is 8.78 Å². The van der Waals surface area contributed by atoms with E-state index in [2.05, 4.69) is 14.9 Å². The van der Waals surface area contributed by atoms with E-state index in [-0.39, 0.29) is 0 Å². The highest BCUT2D eigenvalue weighted by Gasteiger charge is 2.17. The molecule has 132 valence electrons. The van der Waals surface area contributed by atoms with E-state index in [1.54, 1.807) is 24.5 Å². The summed E-state index contributed by atoms with van der Waals surface area (Å²) in [4.78, 5) is 10.7. The monoisotopic (exact) mass is 353 g/mol. The Kier molecular flexibility index (Phi) is 4.58. The lowest BCUT2D eigenvalue weighted by molar-refractivity contribution is 0.215. The van der Waals surface area contributed by atoms with Crippen molar-refractivity contribution in [2.45, 2.75) is 13.1 Å². The lowest BCUT2D eigenvalue weighted by Gasteiger charge is -2.18. The van der Waals surface area contributed by atoms with Crippen molar-refractivity contribution in [1.29, 1.82) is 0 Å². The van der Waals surface area contributed by atoms with Crippen molar-refractivity contribution < 1.29 is 13.5 Å². The summed E-state index contributed by atoms with van der Waals surface area (Å²) in [5.74, 6) is -0.127. The fourth-order valence-electron chi connectivity index (χ4n) is 3.05. The quantitative estimate of drug-likeness (QED) is 0.718. The number of benzene rings is 2. The third-order valence-corrected chi connectivity index (χ3v) is 4.36. The van der Waals surface area contributed by atoms with Crippen LogP contribution in [0, 0.1) is 11.6 Å². The normalized spacial score (nSPS) is 14.4. The van der Waals surface area contributed by atoms with Gasteiger partial charge in [0.05, 0.1) is 6.54 Å². The van der Waals surface area contributed by atoms with Crippen LogP contribution in [-0.2, 0) is 13.1 Å². The van der Waals surface area contributed by atoms with Crippen LogP contribution < -0.4 is 4.74 Å². The average molecular weight is 353 g/mol. The number of halogens is 2. The van der Waals surface area contributed by atoms with E-state index in [9.17, 15) is 8.78 Å². The molecular weight excluding hydrogens is 336 g/mol. The second kappa shape index (κ2) is 7.17. The Morgan fingerprint density at radius 2 is 1.73 bits per heavy atom. The summed E-state index contributed by atoms with van der Waals surface area (Å²) in [5, 5.41) is 0. The Labute approximate surface area is 150 Å². The van der Waals surface area contributed by atoms with Crippen LogP contribution >= 0.6 is 0 Å². The Morgan fingerprint density at radius 3 is 2.54 bits per heavy atom. The second-order valence-corrected chi connectivity index (χ2v) is 6.18. The Hall–Kier alpha value is -2.86. The first-order chi connectivity index (χ1) is 12.7. The van der Waals surface area contributed by atoms with Crippen LogP contribution in [0.25, 0.3) is 11.1 Å². The van der Waals surface area contributed by atoms with E-state index < -0.39 is 11.6 Å². The van der Waals surface area contributed by atoms with E-state index >= 15 is 0 Å². The average Bonchev–Trinajstić information content (AvgIpc) is 2.86. The molecule has 1 aromatic heterocycles. The molecule has 0 fully saturated rings. The minimum atomic E-state index is -0.850. The Morgan fingerprint density at radius 1 is 0.962 bits per heavy atom. The van der Waals surface area contributed by atoms with Crippen molar-refractivity contribution in [2.24, 2.45) is 0 Å². The van der Waals surface area contributed by atoms with Gasteiger partial charge in [0, 0.05) is 31.0 Å². The van der Waals surface area contributed by atoms with Gasteiger partial charge in [-0.05, 0) is 41.5 Å². The molecule has 0 saturated heterocycles. The fourth-order valence-corrected chi connectivity index (χ4v) is 3.05. The summed E-state index contributed by atoms with van der Waals surface area (Å²) in [5.41, 5.74) is 2.46. The van der Waals surface area contributed by atoms with Gasteiger partial charge in [0.1, 0.15) is 18.2 Å². The van der Waals surface area contributed by atoms with Gasteiger partial charge in [-0.2, -0.15) is 0 Å². The molecule has 0 radical (unpaired) electrons. The van der Waals surface area contributed by atoms with Crippen molar-refractivity contribution in [1.82, 2.24) is 14.9 Å². The maximum Gasteiger partial charge on any atom is 0.159 e. The van der Waals surface area contributed by atoms with E-state index in [0.717, 1.165) is 35.3 Å². The van der Waals surface area contributed by atoms with Crippen LogP contribution in [0.5, 0.6) is 5.75 Å². The molecule has 0 unspecified atom stereocenters. The Balaban J connectivity index is 1.60. The molecule has 0 saturated carbocycles. The van der Waals surface area contributed by atoms with Crippen LogP contribution in [0.15, 0.2) is 54.9 Å². The molecule has 0 aliphatic carbocycles. The minimum absolute atomic E-state index is 0.574. The molecule has 6 heteroatoms. The van der Waals surface area contributed by atoms with Crippen molar-refractivity contribution in [3.63, 3.8) is 0 Å². The summed E-state index contributed by atoms with van der Waals surface area (Å²) >= 11 is 0. The number of ether oxygens (including phenoxy) is 1. The molecular formula is C20H17F2N3O. The zero-order valence-electron chi connectivity index (χ0n) is 14.0. The van der Waals surface area contributed by atoms with Gasteiger partial charge in [-0.25, -0.2) is 18.7 Å². The molecule has 2 aromatic carbocycles. The molecule has 1 aliphatic rings. The summed E-state index contributed by atoms with van der Waals surface area (Å²) in [6.07, 6.45) is 3.46. The van der Waals surface area contributed by atoms with Crippen LogP contribution in [-0.4, -0.2) is 28.0 Å². The van der Waals surface area contributed by atoms with Crippen molar-refractivity contribution >= 4 is 0 Å². The van der Waals surface area contributed by atoms with Crippen LogP contribution in [0.3, 0.4) is 0 Å². The van der Waals surface area contributed by atoms with Crippen LogP contribution in [0.1, 0.15) is 11.4 Å². The molecule has 0 atom stereocenters. The predicted molar refractivity (Wildman–Crippen MR) is 93.4 cm³/mol. The van der Waals surface area contributed by atoms with Crippen LogP contribution in [0.2, 0.25) is 0 Å². The molecule has 0 bridgehead atoms. The molecule has 3 aromatic rings. The molecule has 1 aliphatic heterocycles. The van der Waals surface area contributed by atoms with E-state index in [1.807, 2.05) is 18.2 Å². The summed E-state index contributed by atoms with van der Waals surface area (Å²) in [6.45, 7) is 2.63. The first-order valence-corrected chi connectivity index (χ1v) is 8.38. The first kappa shape index (κ1) is 16.6. The predicted octanol–water partition coefficient (Wildman–Crippen LogP) is 3.82. The number of aromatic nitrogens is 2. The zero-order valence-corrected chi connectivity index (χ0v) is 14.0. The minimum Gasteiger partial charge on any atom is -0.492 e. The van der Waals surface area contributed by atoms with Crippen molar-refractivity contribution in [3.05, 3.63) is 77.9 Å². The summed E-state index contributed by atoms with van der Waals surface area (Å²) < 4.78 is 32.6. The first-order valence-electron chi connectivity index (χ1n) is 8.38. The highest BCUT2D eigenvalue weighted by molar-refractivity contribution is 5.66. The van der Waals surface area contributed by atoms with Gasteiger partial charge in [-0.15, -0.1) is 0 Å². The molecule has 2 heterocycles. The third kappa shape index (κ3) is 3.55. The highest BCUT2D eigenvalue weighted by Crippen LogP contribution is 2.30. The number of fused-ring (bicyclic) bond motifs is 1. The number of hydrogen-bond acceptors (Lipinski definition) is 4. The maximum absolute atomic E-state index is 13.6. The van der Waals surface area contributed by atoms with Gasteiger partial charge in [0.2, 0.25) is 0 Å². The number of hydrogen-bond donors (Lipinski definition) is 0. The second-order valence-electron chi connectivity index (χ2n) is 6.18. The zero-order chi connectivity index (χ0) is 17.9. The van der Waals surface area contributed by atoms with Gasteiger partial charge in [0.15, 0.2) is 11.6 Å². The SMILES string of the molecule is Fc1ccc(-c2ccc3c(c2)CN(Cc2ncccn2)CCO3)cc1F. The Bertz CT molecular complexity index is 918. The van der Waals surface area contributed by atoms with E-state index in [4.69, 9.17) is 4.74 Å². The van der Waals surface area contributed by atoms with E-state index in [1.165, 1.54) is 6.07 Å². The standard InChI is InChI=1S/C20H17F2N3O/c21-17-4-2-15(11-18(17)22)14-3-5-19-16(10-14)12-25(8-9-26-19)13-20-23-6-1-7-24-20/h1-7,10-11H,8-9,12-13H2. The molecule has 0 amide bonds. The number of rotatable bonds is 3. The van der Waals surface area contributed by atoms with Gasteiger partial charge >= 0.3 is 0 Å². The van der Waals surface area contributed by atoms with Gasteiger partial charge < -0.3 is 4.74 Å². The largest absolute Gasteiger partial charge is 0.492 e. The number of nitrogens with zero attached hydrogens (tertiary/aromatic N) is 3. The molecule has 4 rings (SSSR count). The maximum atomic E-state index is 13.6. The molecule has 26 heavy (non-hydrogen) atoms. The van der Waals surface area contributed by atoms with Crippen molar-refractivity contribution in [3.8, 4) is 16.9 Å². The summed E-state index contributed by atoms with van der Waals surface area (Å²) in [6, 6.07) is 11.4. The molecule has 0 N–H and O–H groups in total. The van der Waals surface area contributed by atoms with Crippen molar-refractivity contribution in [2.75, 3.05) is 13.2 Å². The third-order valence-electron chi connectivity index (χ3n) is 4.36.